The van der Waals surface area contributed by atoms with Crippen LogP contribution >= 0.6 is 0 Å². The smallest absolute Gasteiger partial charge is 0.391 e. The summed E-state index contributed by atoms with van der Waals surface area (Å²) >= 11 is 0. The lowest BCUT2D eigenvalue weighted by molar-refractivity contribution is 0.306. The van der Waals surface area contributed by atoms with Gasteiger partial charge in [0, 0.05) is 36.1 Å². The maximum absolute atomic E-state index is 14.9. The van der Waals surface area contributed by atoms with Crippen molar-refractivity contribution in [1.82, 2.24) is 24.2 Å². The van der Waals surface area contributed by atoms with E-state index in [0.29, 0.717) is 37.1 Å². The summed E-state index contributed by atoms with van der Waals surface area (Å²) in [4.78, 5) is 15.0. The number of aromatic amines is 2. The molecule has 11 heteroatoms. The Hall–Kier alpha value is -3.28. The Kier molecular flexibility index (Phi) is 6.78. The van der Waals surface area contributed by atoms with Crippen molar-refractivity contribution < 1.29 is 17.2 Å². The molecule has 2 aromatic heterocycles. The van der Waals surface area contributed by atoms with E-state index in [-0.39, 0.29) is 11.8 Å². The number of hydrogen-bond donors (Lipinski definition) is 3. The minimum atomic E-state index is -4.01. The molecular weight excluding hydrogens is 497 g/mol. The fraction of sp³-hybridized carbons (Fsp3) is 0.385. The van der Waals surface area contributed by atoms with Gasteiger partial charge in [0.1, 0.15) is 11.9 Å². The highest BCUT2D eigenvalue weighted by atomic mass is 32.2. The van der Waals surface area contributed by atoms with Crippen molar-refractivity contribution in [2.75, 3.05) is 13.1 Å². The van der Waals surface area contributed by atoms with Crippen molar-refractivity contribution in [3.05, 3.63) is 87.1 Å². The van der Waals surface area contributed by atoms with Gasteiger partial charge in [-0.15, -0.1) is 5.10 Å². The monoisotopic (exact) mass is 527 g/mol. The van der Waals surface area contributed by atoms with Gasteiger partial charge in [-0.3, -0.25) is 0 Å². The Balaban J connectivity index is 1.38. The number of piperidine rings is 1. The van der Waals surface area contributed by atoms with Gasteiger partial charge in [-0.05, 0) is 67.0 Å². The standard InChI is InChI=1S/C26H30FN5O4S/c1-15-8-9-21(27)23(16(15)2)17(3)24(25-29-30-26(33)36-25)31-37(34,35)32-12-10-18(11-13-32)20-14-28-22-7-5-4-6-19(20)22/h4-9,14,17-18,24,28,31H,10-13H2,1-3H3,(H,30,33)/t17-,24+/m1/s1. The van der Waals surface area contributed by atoms with Crippen molar-refractivity contribution in [3.8, 4) is 0 Å². The van der Waals surface area contributed by atoms with Crippen LogP contribution < -0.4 is 10.5 Å². The molecule has 0 bridgehead atoms. The molecule has 0 spiro atoms. The van der Waals surface area contributed by atoms with E-state index < -0.39 is 33.7 Å². The summed E-state index contributed by atoms with van der Waals surface area (Å²) in [6, 6.07) is 10.0. The molecule has 1 aliphatic heterocycles. The van der Waals surface area contributed by atoms with Crippen molar-refractivity contribution in [3.63, 3.8) is 0 Å². The van der Waals surface area contributed by atoms with Gasteiger partial charge in [-0.25, -0.2) is 14.3 Å². The first kappa shape index (κ1) is 25.4. The number of nitrogens with one attached hydrogen (secondary N) is 3. The van der Waals surface area contributed by atoms with Gasteiger partial charge in [-0.2, -0.15) is 17.4 Å². The lowest BCUT2D eigenvalue weighted by atomic mass is 9.88. The summed E-state index contributed by atoms with van der Waals surface area (Å²) in [6.45, 7) is 5.98. The molecule has 3 heterocycles. The average Bonchev–Trinajstić information content (AvgIpc) is 3.51. The molecule has 9 nitrogen and oxygen atoms in total. The summed E-state index contributed by atoms with van der Waals surface area (Å²) in [5.74, 6) is -1.89. The topological polar surface area (TPSA) is 124 Å². The van der Waals surface area contributed by atoms with Gasteiger partial charge in [-0.1, -0.05) is 31.2 Å². The summed E-state index contributed by atoms with van der Waals surface area (Å²) in [5, 5.41) is 7.21. The lowest BCUT2D eigenvalue weighted by Crippen LogP contribution is -2.46. The molecule has 2 aromatic carbocycles. The van der Waals surface area contributed by atoms with Crippen LogP contribution in [0.5, 0.6) is 0 Å². The first-order valence-electron chi connectivity index (χ1n) is 12.3. The van der Waals surface area contributed by atoms with Crippen molar-refractivity contribution in [2.24, 2.45) is 0 Å². The predicted octanol–water partition coefficient (Wildman–Crippen LogP) is 4.16. The highest BCUT2D eigenvalue weighted by Gasteiger charge is 2.36. The molecule has 37 heavy (non-hydrogen) atoms. The normalized spacial score (nSPS) is 17.3. The van der Waals surface area contributed by atoms with Crippen LogP contribution in [-0.4, -0.2) is 41.0 Å². The lowest BCUT2D eigenvalue weighted by Gasteiger charge is -2.33. The van der Waals surface area contributed by atoms with Crippen LogP contribution in [0.3, 0.4) is 0 Å². The number of H-pyrrole nitrogens is 2. The second-order valence-electron chi connectivity index (χ2n) is 9.71. The minimum Gasteiger partial charge on any atom is -0.391 e. The van der Waals surface area contributed by atoms with Crippen LogP contribution in [0.15, 0.2) is 51.8 Å². The molecule has 3 N–H and O–H groups in total. The van der Waals surface area contributed by atoms with Crippen LogP contribution in [0.4, 0.5) is 4.39 Å². The molecule has 0 unspecified atom stereocenters. The van der Waals surface area contributed by atoms with E-state index in [1.54, 1.807) is 19.9 Å². The molecule has 0 amide bonds. The zero-order chi connectivity index (χ0) is 26.3. The Morgan fingerprint density at radius 3 is 2.59 bits per heavy atom. The van der Waals surface area contributed by atoms with E-state index in [1.807, 2.05) is 31.3 Å². The third-order valence-electron chi connectivity index (χ3n) is 7.54. The van der Waals surface area contributed by atoms with Crippen LogP contribution in [0.2, 0.25) is 0 Å². The number of aromatic nitrogens is 3. The van der Waals surface area contributed by atoms with Gasteiger partial charge in [0.2, 0.25) is 5.89 Å². The van der Waals surface area contributed by atoms with E-state index in [0.717, 1.165) is 16.5 Å². The number of para-hydroxylation sites is 1. The summed E-state index contributed by atoms with van der Waals surface area (Å²) in [6.07, 6.45) is 3.33. The third kappa shape index (κ3) is 4.86. The molecule has 0 aliphatic carbocycles. The quantitative estimate of drug-likeness (QED) is 0.333. The van der Waals surface area contributed by atoms with Gasteiger partial charge >= 0.3 is 5.76 Å². The molecule has 196 valence electrons. The van der Waals surface area contributed by atoms with Gasteiger partial charge in [0.15, 0.2) is 0 Å². The molecule has 1 saturated heterocycles. The van der Waals surface area contributed by atoms with Crippen molar-refractivity contribution >= 4 is 21.1 Å². The Bertz CT molecular complexity index is 1580. The molecule has 0 radical (unpaired) electrons. The van der Waals surface area contributed by atoms with E-state index in [4.69, 9.17) is 4.42 Å². The molecule has 1 fully saturated rings. The average molecular weight is 528 g/mol. The number of fused-ring (bicyclic) bond motifs is 1. The number of hydrogen-bond acceptors (Lipinski definition) is 5. The van der Waals surface area contributed by atoms with E-state index in [1.165, 1.54) is 15.9 Å². The van der Waals surface area contributed by atoms with E-state index in [9.17, 15) is 17.6 Å². The van der Waals surface area contributed by atoms with Crippen molar-refractivity contribution in [2.45, 2.75) is 51.5 Å². The number of rotatable bonds is 7. The largest absolute Gasteiger partial charge is 0.434 e. The summed E-state index contributed by atoms with van der Waals surface area (Å²) in [5.41, 5.74) is 4.17. The van der Waals surface area contributed by atoms with Crippen LogP contribution in [-0.2, 0) is 10.2 Å². The number of benzene rings is 2. The fourth-order valence-corrected chi connectivity index (χ4v) is 6.81. The molecular formula is C26H30FN5O4S. The maximum atomic E-state index is 14.9. The van der Waals surface area contributed by atoms with E-state index in [2.05, 4.69) is 26.0 Å². The van der Waals surface area contributed by atoms with E-state index >= 15 is 0 Å². The molecule has 2 atom stereocenters. The van der Waals surface area contributed by atoms with Crippen LogP contribution in [0, 0.1) is 19.7 Å². The highest BCUT2D eigenvalue weighted by molar-refractivity contribution is 7.87. The Morgan fingerprint density at radius 2 is 1.89 bits per heavy atom. The van der Waals surface area contributed by atoms with Crippen LogP contribution in [0.1, 0.15) is 65.8 Å². The zero-order valence-electron chi connectivity index (χ0n) is 20.9. The third-order valence-corrected chi connectivity index (χ3v) is 9.14. The van der Waals surface area contributed by atoms with Gasteiger partial charge < -0.3 is 9.40 Å². The SMILES string of the molecule is Cc1ccc(F)c([C@@H](C)[C@H](NS(=O)(=O)N2CCC(c3c[nH]c4ccccc34)CC2)c2n[nH]c(=O)o2)c1C. The number of nitrogens with zero attached hydrogens (tertiary/aromatic N) is 2. The minimum absolute atomic E-state index is 0.143. The van der Waals surface area contributed by atoms with Gasteiger partial charge in [0.05, 0.1) is 0 Å². The first-order valence-corrected chi connectivity index (χ1v) is 13.7. The molecule has 1 aliphatic rings. The maximum Gasteiger partial charge on any atom is 0.434 e. The summed E-state index contributed by atoms with van der Waals surface area (Å²) < 4.78 is 51.1. The second kappa shape index (κ2) is 9.88. The summed E-state index contributed by atoms with van der Waals surface area (Å²) in [7, 11) is -4.01. The highest BCUT2D eigenvalue weighted by Crippen LogP contribution is 2.37. The van der Waals surface area contributed by atoms with Gasteiger partial charge in [0.25, 0.3) is 10.2 Å². The fourth-order valence-electron chi connectivity index (χ4n) is 5.34. The first-order chi connectivity index (χ1) is 17.7. The number of halogens is 1. The Labute approximate surface area is 214 Å². The molecule has 0 saturated carbocycles. The van der Waals surface area contributed by atoms with Crippen molar-refractivity contribution in [1.29, 1.82) is 0 Å². The second-order valence-corrected chi connectivity index (χ2v) is 11.4. The zero-order valence-corrected chi connectivity index (χ0v) is 21.7. The predicted molar refractivity (Wildman–Crippen MR) is 138 cm³/mol. The molecule has 4 aromatic rings. The van der Waals surface area contributed by atoms with Crippen LogP contribution in [0.25, 0.3) is 10.9 Å². The molecule has 5 rings (SSSR count). The Morgan fingerprint density at radius 1 is 1.16 bits per heavy atom. The number of aryl methyl sites for hydroxylation is 1.